The molecule has 0 bridgehead atoms. The van der Waals surface area contributed by atoms with Gasteiger partial charge in [0.1, 0.15) is 0 Å². The van der Waals surface area contributed by atoms with E-state index in [0.29, 0.717) is 28.6 Å². The highest BCUT2D eigenvalue weighted by Crippen LogP contribution is 2.44. The molecule has 5 heteroatoms. The third-order valence-electron chi connectivity index (χ3n) is 3.22. The molecule has 0 fully saturated rings. The Labute approximate surface area is 123 Å². The van der Waals surface area contributed by atoms with Gasteiger partial charge >= 0.3 is 0 Å². The smallest absolute Gasteiger partial charge is 0.208 e. The van der Waals surface area contributed by atoms with Crippen molar-refractivity contribution in [3.8, 4) is 17.2 Å². The van der Waals surface area contributed by atoms with E-state index < -0.39 is 5.41 Å². The minimum Gasteiger partial charge on any atom is -0.493 e. The lowest BCUT2D eigenvalue weighted by Crippen LogP contribution is -2.19. The summed E-state index contributed by atoms with van der Waals surface area (Å²) in [7, 11) is 4.59. The van der Waals surface area contributed by atoms with E-state index in [9.17, 15) is 4.79 Å². The first-order valence-electron chi connectivity index (χ1n) is 6.60. The highest BCUT2D eigenvalue weighted by molar-refractivity contribution is 6.02. The Kier molecular flexibility index (Phi) is 3.85. The minimum atomic E-state index is -0.519. The molecule has 0 unspecified atom stereocenters. The van der Waals surface area contributed by atoms with Gasteiger partial charge in [-0.25, -0.2) is 0 Å². The van der Waals surface area contributed by atoms with Gasteiger partial charge in [-0.3, -0.25) is 4.79 Å². The number of fused-ring (bicyclic) bond motifs is 1. The maximum Gasteiger partial charge on any atom is 0.208 e. The Balaban J connectivity index is 2.70. The predicted octanol–water partition coefficient (Wildman–Crippen LogP) is 3.69. The Morgan fingerprint density at radius 2 is 1.62 bits per heavy atom. The zero-order valence-corrected chi connectivity index (χ0v) is 13.2. The second kappa shape index (κ2) is 5.31. The number of methoxy groups -OCH3 is 3. The molecule has 21 heavy (non-hydrogen) atoms. The van der Waals surface area contributed by atoms with Crippen molar-refractivity contribution in [2.24, 2.45) is 5.41 Å². The first-order valence-corrected chi connectivity index (χ1v) is 6.60. The monoisotopic (exact) mass is 292 g/mol. The Morgan fingerprint density at radius 1 is 1.00 bits per heavy atom. The number of furan rings is 1. The van der Waals surface area contributed by atoms with Crippen molar-refractivity contribution in [2.75, 3.05) is 21.3 Å². The van der Waals surface area contributed by atoms with Crippen LogP contribution < -0.4 is 14.2 Å². The molecular weight excluding hydrogens is 272 g/mol. The van der Waals surface area contributed by atoms with E-state index in [0.717, 1.165) is 5.39 Å². The fraction of sp³-hybridized carbons (Fsp3) is 0.438. The van der Waals surface area contributed by atoms with Gasteiger partial charge in [0.15, 0.2) is 17.1 Å². The molecule has 0 saturated carbocycles. The summed E-state index contributed by atoms with van der Waals surface area (Å²) in [4.78, 5) is 12.3. The Morgan fingerprint density at radius 3 is 2.10 bits per heavy atom. The summed E-state index contributed by atoms with van der Waals surface area (Å²) in [6.07, 6.45) is 0. The number of ether oxygens (including phenoxy) is 3. The molecule has 0 radical (unpaired) electrons. The van der Waals surface area contributed by atoms with Crippen molar-refractivity contribution in [3.63, 3.8) is 0 Å². The molecule has 1 aromatic heterocycles. The summed E-state index contributed by atoms with van der Waals surface area (Å²) in [5, 5.41) is 0.733. The minimum absolute atomic E-state index is 0.0707. The van der Waals surface area contributed by atoms with Crippen LogP contribution in [0.25, 0.3) is 11.0 Å². The lowest BCUT2D eigenvalue weighted by molar-refractivity contribution is 0.0830. The standard InChI is InChI=1S/C16H20O5/c1-16(2,3)15(17)11-8-9-7-10(18-4)13(19-5)14(20-6)12(9)21-11/h7-8H,1-6H3. The van der Waals surface area contributed by atoms with Gasteiger partial charge < -0.3 is 18.6 Å². The number of Topliss-reactive ketones (excluding diaryl/α,β-unsaturated/α-hetero) is 1. The largest absolute Gasteiger partial charge is 0.493 e. The second-order valence-electron chi connectivity index (χ2n) is 5.75. The quantitative estimate of drug-likeness (QED) is 0.804. The molecule has 0 aliphatic rings. The van der Waals surface area contributed by atoms with E-state index >= 15 is 0 Å². The SMILES string of the molecule is COc1cc2cc(C(=O)C(C)(C)C)oc2c(OC)c1OC. The van der Waals surface area contributed by atoms with Crippen LogP contribution in [0.4, 0.5) is 0 Å². The van der Waals surface area contributed by atoms with Crippen LogP contribution in [-0.2, 0) is 0 Å². The van der Waals surface area contributed by atoms with Crippen LogP contribution in [0, 0.1) is 5.41 Å². The number of carbonyl (C=O) groups excluding carboxylic acids is 1. The average Bonchev–Trinajstić information content (AvgIpc) is 2.86. The van der Waals surface area contributed by atoms with Crippen LogP contribution in [-0.4, -0.2) is 27.1 Å². The van der Waals surface area contributed by atoms with E-state index in [2.05, 4.69) is 0 Å². The average molecular weight is 292 g/mol. The molecule has 2 aromatic rings. The van der Waals surface area contributed by atoms with E-state index in [1.165, 1.54) is 14.2 Å². The number of hydrogen-bond donors (Lipinski definition) is 0. The highest BCUT2D eigenvalue weighted by Gasteiger charge is 2.28. The van der Waals surface area contributed by atoms with E-state index in [1.807, 2.05) is 20.8 Å². The van der Waals surface area contributed by atoms with Crippen molar-refractivity contribution >= 4 is 16.8 Å². The summed E-state index contributed by atoms with van der Waals surface area (Å²) in [6, 6.07) is 3.47. The van der Waals surface area contributed by atoms with Gasteiger partial charge in [-0.2, -0.15) is 0 Å². The first-order chi connectivity index (χ1) is 9.83. The molecule has 114 valence electrons. The molecule has 0 aliphatic heterocycles. The van der Waals surface area contributed by atoms with Gasteiger partial charge in [0.2, 0.25) is 17.3 Å². The van der Waals surface area contributed by atoms with Crippen molar-refractivity contribution in [1.29, 1.82) is 0 Å². The lowest BCUT2D eigenvalue weighted by Gasteiger charge is -2.14. The summed E-state index contributed by atoms with van der Waals surface area (Å²) in [6.45, 7) is 5.54. The molecule has 0 spiro atoms. The van der Waals surface area contributed by atoms with Crippen LogP contribution in [0.1, 0.15) is 31.3 Å². The second-order valence-corrected chi connectivity index (χ2v) is 5.75. The highest BCUT2D eigenvalue weighted by atomic mass is 16.5. The molecule has 0 saturated heterocycles. The maximum atomic E-state index is 12.3. The maximum absolute atomic E-state index is 12.3. The summed E-state index contributed by atoms with van der Waals surface area (Å²) < 4.78 is 21.7. The Bertz CT molecular complexity index is 676. The van der Waals surface area contributed by atoms with Gasteiger partial charge in [-0.1, -0.05) is 20.8 Å². The fourth-order valence-electron chi connectivity index (χ4n) is 2.12. The molecule has 0 amide bonds. The molecule has 1 heterocycles. The molecule has 0 N–H and O–H groups in total. The zero-order chi connectivity index (χ0) is 15.8. The molecular formula is C16H20O5. The van der Waals surface area contributed by atoms with Gasteiger partial charge in [0.05, 0.1) is 21.3 Å². The van der Waals surface area contributed by atoms with Gasteiger partial charge in [-0.15, -0.1) is 0 Å². The fourth-order valence-corrected chi connectivity index (χ4v) is 2.12. The third-order valence-corrected chi connectivity index (χ3v) is 3.22. The first kappa shape index (κ1) is 15.2. The predicted molar refractivity (Wildman–Crippen MR) is 79.7 cm³/mol. The zero-order valence-electron chi connectivity index (χ0n) is 13.2. The molecule has 0 atom stereocenters. The normalized spacial score (nSPS) is 11.5. The number of rotatable bonds is 4. The number of carbonyl (C=O) groups is 1. The van der Waals surface area contributed by atoms with E-state index in [4.69, 9.17) is 18.6 Å². The van der Waals surface area contributed by atoms with Crippen LogP contribution in [0.2, 0.25) is 0 Å². The van der Waals surface area contributed by atoms with Crippen LogP contribution in [0.15, 0.2) is 16.5 Å². The molecule has 0 aliphatic carbocycles. The van der Waals surface area contributed by atoms with Crippen LogP contribution >= 0.6 is 0 Å². The lowest BCUT2D eigenvalue weighted by atomic mass is 9.89. The van der Waals surface area contributed by atoms with Crippen molar-refractivity contribution in [3.05, 3.63) is 17.9 Å². The Hall–Kier alpha value is -2.17. The molecule has 2 rings (SSSR count). The topological polar surface area (TPSA) is 57.9 Å². The summed E-state index contributed by atoms with van der Waals surface area (Å²) >= 11 is 0. The van der Waals surface area contributed by atoms with Crippen LogP contribution in [0.5, 0.6) is 17.2 Å². The third kappa shape index (κ3) is 2.55. The van der Waals surface area contributed by atoms with Crippen LogP contribution in [0.3, 0.4) is 0 Å². The molecule has 5 nitrogen and oxygen atoms in total. The summed E-state index contributed by atoms with van der Waals surface area (Å²) in [5.74, 6) is 1.61. The number of ketones is 1. The number of hydrogen-bond acceptors (Lipinski definition) is 5. The van der Waals surface area contributed by atoms with Gasteiger partial charge in [-0.05, 0) is 12.1 Å². The molecule has 1 aromatic carbocycles. The van der Waals surface area contributed by atoms with Crippen molar-refractivity contribution in [1.82, 2.24) is 0 Å². The number of benzene rings is 1. The van der Waals surface area contributed by atoms with Gasteiger partial charge in [0, 0.05) is 10.8 Å². The van der Waals surface area contributed by atoms with Crippen molar-refractivity contribution < 1.29 is 23.4 Å². The van der Waals surface area contributed by atoms with E-state index in [1.54, 1.807) is 19.2 Å². The van der Waals surface area contributed by atoms with Crippen molar-refractivity contribution in [2.45, 2.75) is 20.8 Å². The van der Waals surface area contributed by atoms with Gasteiger partial charge in [0.25, 0.3) is 0 Å². The van der Waals surface area contributed by atoms with E-state index in [-0.39, 0.29) is 5.78 Å². The summed E-state index contributed by atoms with van der Waals surface area (Å²) in [5.41, 5.74) is -0.0438.